The lowest BCUT2D eigenvalue weighted by Crippen LogP contribution is -2.39. The minimum Gasteiger partial charge on any atom is -0.346 e. The maximum absolute atomic E-state index is 12.4. The number of nitrogens with zero attached hydrogens (tertiary/aromatic N) is 3. The standard InChI is InChI=1S/C16H18N4O2/c1-17-16(22)13-5-3-9-20(13)14(21)7-6-11-10-19-15-12(11)4-2-8-18-15/h2,4,8,10,13H,1,3,5-7,9H2,(H,18,19)/t13-/m0/s1. The molecule has 1 fully saturated rings. The highest BCUT2D eigenvalue weighted by Gasteiger charge is 2.33. The molecule has 2 aromatic rings. The fourth-order valence-corrected chi connectivity index (χ4v) is 3.03. The smallest absolute Gasteiger partial charge is 0.267 e. The fraction of sp³-hybridized carbons (Fsp3) is 0.375. The number of hydrogen-bond acceptors (Lipinski definition) is 3. The number of pyridine rings is 1. The van der Waals surface area contributed by atoms with Gasteiger partial charge in [-0.15, -0.1) is 0 Å². The van der Waals surface area contributed by atoms with Crippen molar-refractivity contribution in [2.24, 2.45) is 4.99 Å². The van der Waals surface area contributed by atoms with Crippen molar-refractivity contribution in [2.45, 2.75) is 31.7 Å². The monoisotopic (exact) mass is 298 g/mol. The summed E-state index contributed by atoms with van der Waals surface area (Å²) in [5.41, 5.74) is 1.90. The SMILES string of the molecule is C=NC(=O)[C@@H]1CCCN1C(=O)CCc1c[nH]c2ncccc12. The van der Waals surface area contributed by atoms with E-state index in [2.05, 4.69) is 21.7 Å². The average molecular weight is 298 g/mol. The minimum atomic E-state index is -0.422. The Hall–Kier alpha value is -2.50. The van der Waals surface area contributed by atoms with Gasteiger partial charge < -0.3 is 9.88 Å². The first-order valence-electron chi connectivity index (χ1n) is 7.41. The summed E-state index contributed by atoms with van der Waals surface area (Å²) >= 11 is 0. The van der Waals surface area contributed by atoms with Crippen LogP contribution in [0.15, 0.2) is 29.5 Å². The van der Waals surface area contributed by atoms with E-state index in [9.17, 15) is 9.59 Å². The zero-order valence-corrected chi connectivity index (χ0v) is 12.3. The Bertz CT molecular complexity index is 722. The van der Waals surface area contributed by atoms with Crippen molar-refractivity contribution in [2.75, 3.05) is 6.54 Å². The molecule has 2 aromatic heterocycles. The minimum absolute atomic E-state index is 0.00209. The van der Waals surface area contributed by atoms with Gasteiger partial charge in [-0.2, -0.15) is 0 Å². The summed E-state index contributed by atoms with van der Waals surface area (Å²) in [6.45, 7) is 3.90. The van der Waals surface area contributed by atoms with Gasteiger partial charge in [0.2, 0.25) is 5.91 Å². The van der Waals surface area contributed by atoms with Crippen LogP contribution in [0.2, 0.25) is 0 Å². The second-order valence-electron chi connectivity index (χ2n) is 5.45. The van der Waals surface area contributed by atoms with Gasteiger partial charge in [0, 0.05) is 30.7 Å². The van der Waals surface area contributed by atoms with E-state index >= 15 is 0 Å². The molecule has 114 valence electrons. The number of aromatic amines is 1. The van der Waals surface area contributed by atoms with E-state index in [1.165, 1.54) is 0 Å². The maximum Gasteiger partial charge on any atom is 0.267 e. The normalized spacial score (nSPS) is 17.8. The van der Waals surface area contributed by atoms with Gasteiger partial charge in [-0.1, -0.05) is 0 Å². The Morgan fingerprint density at radius 3 is 3.18 bits per heavy atom. The highest BCUT2D eigenvalue weighted by molar-refractivity contribution is 5.90. The molecule has 1 atom stereocenters. The van der Waals surface area contributed by atoms with E-state index in [0.717, 1.165) is 23.0 Å². The number of aromatic nitrogens is 2. The second kappa shape index (κ2) is 6.09. The summed E-state index contributed by atoms with van der Waals surface area (Å²) in [6.07, 6.45) is 6.15. The van der Waals surface area contributed by atoms with Crippen molar-refractivity contribution < 1.29 is 9.59 Å². The number of likely N-dealkylation sites (tertiary alicyclic amines) is 1. The Morgan fingerprint density at radius 1 is 1.50 bits per heavy atom. The molecule has 1 N–H and O–H groups in total. The van der Waals surface area contributed by atoms with Gasteiger partial charge >= 0.3 is 0 Å². The molecule has 0 spiro atoms. The van der Waals surface area contributed by atoms with Gasteiger partial charge in [-0.25, -0.2) is 9.98 Å². The van der Waals surface area contributed by atoms with Crippen molar-refractivity contribution >= 4 is 29.6 Å². The van der Waals surface area contributed by atoms with Crippen LogP contribution in [0.5, 0.6) is 0 Å². The number of amides is 2. The Kier molecular flexibility index (Phi) is 4.00. The molecule has 6 nitrogen and oxygen atoms in total. The molecule has 1 aliphatic heterocycles. The Morgan fingerprint density at radius 2 is 2.36 bits per heavy atom. The highest BCUT2D eigenvalue weighted by Crippen LogP contribution is 2.22. The number of rotatable bonds is 4. The van der Waals surface area contributed by atoms with Gasteiger partial charge in [0.25, 0.3) is 5.91 Å². The number of fused-ring (bicyclic) bond motifs is 1. The van der Waals surface area contributed by atoms with E-state index < -0.39 is 6.04 Å². The zero-order chi connectivity index (χ0) is 15.5. The van der Waals surface area contributed by atoms with Crippen LogP contribution in [0.1, 0.15) is 24.8 Å². The van der Waals surface area contributed by atoms with Crippen molar-refractivity contribution in [3.05, 3.63) is 30.1 Å². The molecule has 1 aliphatic rings. The first-order chi connectivity index (χ1) is 10.7. The van der Waals surface area contributed by atoms with Crippen molar-refractivity contribution in [1.82, 2.24) is 14.9 Å². The van der Waals surface area contributed by atoms with Crippen LogP contribution in [0.25, 0.3) is 11.0 Å². The van der Waals surface area contributed by atoms with Crippen LogP contribution in [0.3, 0.4) is 0 Å². The van der Waals surface area contributed by atoms with Gasteiger partial charge in [-0.05, 0) is 43.7 Å². The van der Waals surface area contributed by atoms with E-state index in [1.54, 1.807) is 11.1 Å². The molecule has 0 saturated carbocycles. The van der Waals surface area contributed by atoms with Crippen LogP contribution in [-0.4, -0.2) is 46.0 Å². The predicted molar refractivity (Wildman–Crippen MR) is 83.7 cm³/mol. The molecule has 2 amide bonds. The van der Waals surface area contributed by atoms with Crippen molar-refractivity contribution in [3.63, 3.8) is 0 Å². The van der Waals surface area contributed by atoms with E-state index in [1.807, 2.05) is 18.3 Å². The van der Waals surface area contributed by atoms with Crippen LogP contribution in [-0.2, 0) is 16.0 Å². The second-order valence-corrected chi connectivity index (χ2v) is 5.45. The lowest BCUT2D eigenvalue weighted by atomic mass is 10.1. The van der Waals surface area contributed by atoms with E-state index in [4.69, 9.17) is 0 Å². The van der Waals surface area contributed by atoms with Gasteiger partial charge in [0.15, 0.2) is 0 Å². The van der Waals surface area contributed by atoms with E-state index in [0.29, 0.717) is 25.8 Å². The Labute approximate surface area is 128 Å². The maximum atomic E-state index is 12.4. The summed E-state index contributed by atoms with van der Waals surface area (Å²) in [4.78, 5) is 36.5. The van der Waals surface area contributed by atoms with Crippen molar-refractivity contribution in [1.29, 1.82) is 0 Å². The molecular formula is C16H18N4O2. The number of aryl methyl sites for hydroxylation is 1. The third kappa shape index (κ3) is 2.64. The molecule has 3 heterocycles. The molecule has 0 bridgehead atoms. The molecule has 0 radical (unpaired) electrons. The van der Waals surface area contributed by atoms with Crippen LogP contribution < -0.4 is 0 Å². The molecule has 6 heteroatoms. The molecule has 0 unspecified atom stereocenters. The fourth-order valence-electron chi connectivity index (χ4n) is 3.03. The van der Waals surface area contributed by atoms with Gasteiger partial charge in [0.05, 0.1) is 0 Å². The Balaban J connectivity index is 1.67. The summed E-state index contributed by atoms with van der Waals surface area (Å²) in [7, 11) is 0. The summed E-state index contributed by atoms with van der Waals surface area (Å²) in [5, 5.41) is 1.04. The third-order valence-corrected chi connectivity index (χ3v) is 4.16. The van der Waals surface area contributed by atoms with Crippen LogP contribution in [0, 0.1) is 0 Å². The topological polar surface area (TPSA) is 78.4 Å². The molecule has 0 aliphatic carbocycles. The molecule has 3 rings (SSSR count). The quantitative estimate of drug-likeness (QED) is 0.873. The molecule has 1 saturated heterocycles. The number of carbonyl (C=O) groups excluding carboxylic acids is 2. The summed E-state index contributed by atoms with van der Waals surface area (Å²) in [5.74, 6) is -0.306. The first kappa shape index (κ1) is 14.4. The third-order valence-electron chi connectivity index (χ3n) is 4.16. The lowest BCUT2D eigenvalue weighted by Gasteiger charge is -2.22. The lowest BCUT2D eigenvalue weighted by molar-refractivity contribution is -0.137. The molecular weight excluding hydrogens is 280 g/mol. The number of hydrogen-bond donors (Lipinski definition) is 1. The first-order valence-corrected chi connectivity index (χ1v) is 7.41. The number of H-pyrrole nitrogens is 1. The zero-order valence-electron chi connectivity index (χ0n) is 12.3. The van der Waals surface area contributed by atoms with Crippen molar-refractivity contribution in [3.8, 4) is 0 Å². The number of carbonyl (C=O) groups is 2. The number of aliphatic imine (C=N–C) groups is 1. The summed E-state index contributed by atoms with van der Waals surface area (Å²) < 4.78 is 0. The predicted octanol–water partition coefficient (Wildman–Crippen LogP) is 1.71. The van der Waals surface area contributed by atoms with E-state index in [-0.39, 0.29) is 11.8 Å². The largest absolute Gasteiger partial charge is 0.346 e. The average Bonchev–Trinajstić information content (AvgIpc) is 3.19. The molecule has 0 aromatic carbocycles. The number of nitrogens with one attached hydrogen (secondary N) is 1. The van der Waals surface area contributed by atoms with Gasteiger partial charge in [-0.3, -0.25) is 9.59 Å². The summed E-state index contributed by atoms with van der Waals surface area (Å²) in [6, 6.07) is 3.45. The molecule has 22 heavy (non-hydrogen) atoms. The van der Waals surface area contributed by atoms with Crippen LogP contribution >= 0.6 is 0 Å². The van der Waals surface area contributed by atoms with Gasteiger partial charge in [0.1, 0.15) is 11.7 Å². The highest BCUT2D eigenvalue weighted by atomic mass is 16.2. The van der Waals surface area contributed by atoms with Crippen LogP contribution in [0.4, 0.5) is 0 Å².